The zero-order chi connectivity index (χ0) is 24.5. The second kappa shape index (κ2) is 10.7. The van der Waals surface area contributed by atoms with Crippen LogP contribution in [0, 0.1) is 11.8 Å². The van der Waals surface area contributed by atoms with Gasteiger partial charge in [-0.05, 0) is 81.7 Å². The summed E-state index contributed by atoms with van der Waals surface area (Å²) in [5.74, 6) is -0.138. The second-order valence-corrected chi connectivity index (χ2v) is 12.8. The molecule has 1 aliphatic heterocycles. The lowest BCUT2D eigenvalue weighted by atomic mass is 9.81. The SMILES string of the molecule is CC(C)(C)c1cc(N(C(=O)[C@H]2CC[C@H](C)CC2)[C@H]2CC[C@H](O[C@H]3CCNC3)CC2)c(C(=O)O)s1. The molecule has 1 atom stereocenters. The van der Waals surface area contributed by atoms with E-state index in [-0.39, 0.29) is 29.4 Å². The van der Waals surface area contributed by atoms with Crippen molar-refractivity contribution in [3.63, 3.8) is 0 Å². The second-order valence-electron chi connectivity index (χ2n) is 11.7. The first-order valence-corrected chi connectivity index (χ1v) is 14.0. The summed E-state index contributed by atoms with van der Waals surface area (Å²) < 4.78 is 6.33. The molecule has 6 nitrogen and oxygen atoms in total. The van der Waals surface area contributed by atoms with E-state index in [9.17, 15) is 14.7 Å². The third-order valence-corrected chi connectivity index (χ3v) is 9.45. The van der Waals surface area contributed by atoms with Gasteiger partial charge in [0.2, 0.25) is 5.91 Å². The predicted molar refractivity (Wildman–Crippen MR) is 137 cm³/mol. The fourth-order valence-electron chi connectivity index (χ4n) is 5.74. The number of anilines is 1. The topological polar surface area (TPSA) is 78.9 Å². The number of carboxylic acid groups (broad SMARTS) is 1. The number of hydrogen-bond acceptors (Lipinski definition) is 5. The molecule has 1 amide bonds. The highest BCUT2D eigenvalue weighted by atomic mass is 32.1. The molecule has 0 unspecified atom stereocenters. The van der Waals surface area contributed by atoms with Crippen molar-refractivity contribution in [1.29, 1.82) is 0 Å². The minimum absolute atomic E-state index is 0.00521. The monoisotopic (exact) mass is 490 g/mol. The highest BCUT2D eigenvalue weighted by Gasteiger charge is 2.38. The molecular formula is C27H42N2O4S. The lowest BCUT2D eigenvalue weighted by molar-refractivity contribution is -0.124. The standard InChI is InChI=1S/C27H42N2O4S/c1-17-5-7-18(8-6-17)25(30)29(22-15-23(27(2,3)4)34-24(22)26(31)32)19-9-11-20(12-10-19)33-21-13-14-28-16-21/h15,17-21,28H,5-14,16H2,1-4H3,(H,31,32)/t17-,18-,19-,20-,21-/m0/s1. The molecule has 0 bridgehead atoms. The van der Waals surface area contributed by atoms with Crippen LogP contribution in [0.2, 0.25) is 0 Å². The first-order valence-electron chi connectivity index (χ1n) is 13.2. The molecule has 3 aliphatic rings. The normalized spacial score (nSPS) is 30.3. The molecule has 0 aromatic carbocycles. The minimum Gasteiger partial charge on any atom is -0.477 e. The Kier molecular flexibility index (Phi) is 8.05. The van der Waals surface area contributed by atoms with E-state index in [4.69, 9.17) is 4.74 Å². The number of rotatable bonds is 6. The van der Waals surface area contributed by atoms with E-state index < -0.39 is 5.97 Å². The number of nitrogens with one attached hydrogen (secondary N) is 1. The molecule has 2 saturated carbocycles. The summed E-state index contributed by atoms with van der Waals surface area (Å²) in [5.41, 5.74) is 0.457. The number of nitrogens with zero attached hydrogens (tertiary/aromatic N) is 1. The Bertz CT molecular complexity index is 854. The molecule has 34 heavy (non-hydrogen) atoms. The van der Waals surface area contributed by atoms with Gasteiger partial charge < -0.3 is 20.1 Å². The van der Waals surface area contributed by atoms with Crippen LogP contribution in [0.5, 0.6) is 0 Å². The number of amides is 1. The number of carbonyl (C=O) groups is 2. The summed E-state index contributed by atoms with van der Waals surface area (Å²) in [4.78, 5) is 29.5. The van der Waals surface area contributed by atoms with E-state index in [1.54, 1.807) is 0 Å². The molecule has 190 valence electrons. The lowest BCUT2D eigenvalue weighted by Gasteiger charge is -2.40. The minimum atomic E-state index is -0.934. The van der Waals surface area contributed by atoms with Gasteiger partial charge >= 0.3 is 5.97 Å². The summed E-state index contributed by atoms with van der Waals surface area (Å²) in [5, 5.41) is 13.4. The van der Waals surface area contributed by atoms with Crippen LogP contribution in [0.15, 0.2) is 6.07 Å². The molecule has 2 N–H and O–H groups in total. The van der Waals surface area contributed by atoms with Gasteiger partial charge in [0, 0.05) is 23.4 Å². The van der Waals surface area contributed by atoms with E-state index >= 15 is 0 Å². The molecule has 2 heterocycles. The van der Waals surface area contributed by atoms with Crippen LogP contribution in [-0.4, -0.2) is 48.3 Å². The smallest absolute Gasteiger partial charge is 0.348 e. The van der Waals surface area contributed by atoms with Gasteiger partial charge in [-0.3, -0.25) is 4.79 Å². The highest BCUT2D eigenvalue weighted by Crippen LogP contribution is 2.42. The molecular weight excluding hydrogens is 448 g/mol. The van der Waals surface area contributed by atoms with Crippen molar-refractivity contribution in [2.45, 2.75) is 109 Å². The summed E-state index contributed by atoms with van der Waals surface area (Å²) in [6.45, 7) is 10.5. The number of hydrogen-bond donors (Lipinski definition) is 2. The van der Waals surface area contributed by atoms with E-state index in [0.29, 0.717) is 22.6 Å². The number of carboxylic acids is 1. The zero-order valence-corrected chi connectivity index (χ0v) is 22.1. The molecule has 0 spiro atoms. The predicted octanol–water partition coefficient (Wildman–Crippen LogP) is 5.59. The van der Waals surface area contributed by atoms with Gasteiger partial charge in [-0.15, -0.1) is 11.3 Å². The maximum absolute atomic E-state index is 14.0. The van der Waals surface area contributed by atoms with Gasteiger partial charge in [0.1, 0.15) is 4.88 Å². The van der Waals surface area contributed by atoms with Crippen molar-refractivity contribution in [2.75, 3.05) is 18.0 Å². The average molecular weight is 491 g/mol. The van der Waals surface area contributed by atoms with Crippen molar-refractivity contribution in [3.05, 3.63) is 15.8 Å². The maximum Gasteiger partial charge on any atom is 0.348 e. The molecule has 7 heteroatoms. The summed E-state index contributed by atoms with van der Waals surface area (Å²) in [7, 11) is 0. The van der Waals surface area contributed by atoms with E-state index in [2.05, 4.69) is 33.0 Å². The van der Waals surface area contributed by atoms with E-state index in [1.165, 1.54) is 11.3 Å². The fraction of sp³-hybridized carbons (Fsp3) is 0.778. The molecule has 0 radical (unpaired) electrons. The summed E-state index contributed by atoms with van der Waals surface area (Å²) in [6.07, 6.45) is 9.12. The van der Waals surface area contributed by atoms with Gasteiger partial charge in [-0.1, -0.05) is 27.7 Å². The van der Waals surface area contributed by atoms with Crippen LogP contribution in [0.3, 0.4) is 0 Å². The van der Waals surface area contributed by atoms with Gasteiger partial charge in [-0.25, -0.2) is 4.79 Å². The number of thiophene rings is 1. The van der Waals surface area contributed by atoms with Crippen molar-refractivity contribution in [3.8, 4) is 0 Å². The first kappa shape index (κ1) is 25.6. The summed E-state index contributed by atoms with van der Waals surface area (Å²) >= 11 is 1.33. The molecule has 2 aliphatic carbocycles. The maximum atomic E-state index is 14.0. The third-order valence-electron chi connectivity index (χ3n) is 7.92. The van der Waals surface area contributed by atoms with Crippen LogP contribution in [0.4, 0.5) is 5.69 Å². The van der Waals surface area contributed by atoms with Gasteiger partial charge in [-0.2, -0.15) is 0 Å². The third kappa shape index (κ3) is 5.85. The van der Waals surface area contributed by atoms with Gasteiger partial charge in [0.25, 0.3) is 0 Å². The Morgan fingerprint density at radius 3 is 2.26 bits per heavy atom. The Balaban J connectivity index is 1.58. The molecule has 1 saturated heterocycles. The van der Waals surface area contributed by atoms with Crippen LogP contribution in [0.1, 0.15) is 100 Å². The quantitative estimate of drug-likeness (QED) is 0.543. The summed E-state index contributed by atoms with van der Waals surface area (Å²) in [6, 6.07) is 2.03. The Labute approximate surface area is 208 Å². The largest absolute Gasteiger partial charge is 0.477 e. The lowest BCUT2D eigenvalue weighted by Crippen LogP contribution is -2.47. The Hall–Kier alpha value is -1.44. The Morgan fingerprint density at radius 1 is 1.03 bits per heavy atom. The van der Waals surface area contributed by atoms with Gasteiger partial charge in [0.05, 0.1) is 17.9 Å². The van der Waals surface area contributed by atoms with Crippen LogP contribution < -0.4 is 10.2 Å². The Morgan fingerprint density at radius 2 is 1.71 bits per heavy atom. The van der Waals surface area contributed by atoms with Crippen molar-refractivity contribution in [2.24, 2.45) is 11.8 Å². The van der Waals surface area contributed by atoms with E-state index in [1.807, 2.05) is 11.0 Å². The number of aromatic carboxylic acids is 1. The van der Waals surface area contributed by atoms with Gasteiger partial charge in [0.15, 0.2) is 0 Å². The van der Waals surface area contributed by atoms with Crippen LogP contribution in [0.25, 0.3) is 0 Å². The number of carbonyl (C=O) groups excluding carboxylic acids is 1. The zero-order valence-electron chi connectivity index (χ0n) is 21.3. The van der Waals surface area contributed by atoms with Crippen LogP contribution >= 0.6 is 11.3 Å². The molecule has 1 aromatic rings. The van der Waals surface area contributed by atoms with Crippen molar-refractivity contribution in [1.82, 2.24) is 5.32 Å². The molecule has 4 rings (SSSR count). The van der Waals surface area contributed by atoms with Crippen molar-refractivity contribution < 1.29 is 19.4 Å². The molecule has 1 aromatic heterocycles. The average Bonchev–Trinajstić information content (AvgIpc) is 3.46. The number of ether oxygens (including phenoxy) is 1. The first-order chi connectivity index (χ1) is 16.1. The molecule has 3 fully saturated rings. The highest BCUT2D eigenvalue weighted by molar-refractivity contribution is 7.14. The van der Waals surface area contributed by atoms with Crippen molar-refractivity contribution >= 4 is 28.9 Å². The van der Waals surface area contributed by atoms with E-state index in [0.717, 1.165) is 75.8 Å². The van der Waals surface area contributed by atoms with Crippen LogP contribution in [-0.2, 0) is 14.9 Å². The fourth-order valence-corrected chi connectivity index (χ4v) is 6.78.